The molecule has 0 aromatic heterocycles. The Hall–Kier alpha value is -1.78. The molecule has 2 rings (SSSR count). The van der Waals surface area contributed by atoms with Crippen LogP contribution in [0.1, 0.15) is 11.1 Å². The maximum absolute atomic E-state index is 3.41. The summed E-state index contributed by atoms with van der Waals surface area (Å²) in [6.45, 7) is 0. The van der Waals surface area contributed by atoms with Crippen LogP contribution < -0.4 is 0 Å². The Kier molecular flexibility index (Phi) is 4.18. The van der Waals surface area contributed by atoms with Crippen molar-refractivity contribution < 1.29 is 0 Å². The molecule has 0 aliphatic rings. The zero-order chi connectivity index (χ0) is 11.9. The SMILES string of the molecule is Brc1ccc(/C=C/C#Cc2ccccc2)cc1. The number of allylic oxidation sites excluding steroid dienone is 1. The van der Waals surface area contributed by atoms with Crippen LogP contribution >= 0.6 is 15.9 Å². The maximum atomic E-state index is 3.41. The summed E-state index contributed by atoms with van der Waals surface area (Å²) in [6.07, 6.45) is 3.87. The van der Waals surface area contributed by atoms with Crippen molar-refractivity contribution in [3.63, 3.8) is 0 Å². The molecule has 0 unspecified atom stereocenters. The molecule has 17 heavy (non-hydrogen) atoms. The Morgan fingerprint density at radius 3 is 2.29 bits per heavy atom. The maximum Gasteiger partial charge on any atom is 0.0248 e. The second-order valence-corrected chi connectivity index (χ2v) is 4.44. The molecular weight excluding hydrogens is 272 g/mol. The van der Waals surface area contributed by atoms with Gasteiger partial charge in [-0.2, -0.15) is 0 Å². The van der Waals surface area contributed by atoms with E-state index in [-0.39, 0.29) is 0 Å². The lowest BCUT2D eigenvalue weighted by molar-refractivity contribution is 1.61. The molecule has 0 saturated carbocycles. The van der Waals surface area contributed by atoms with Gasteiger partial charge in [-0.3, -0.25) is 0 Å². The molecular formula is C16H11Br. The van der Waals surface area contributed by atoms with Crippen molar-refractivity contribution in [3.8, 4) is 11.8 Å². The molecule has 0 bridgehead atoms. The lowest BCUT2D eigenvalue weighted by atomic mass is 10.2. The fourth-order valence-corrected chi connectivity index (χ4v) is 1.62. The van der Waals surface area contributed by atoms with Crippen LogP contribution in [0.5, 0.6) is 0 Å². The second-order valence-electron chi connectivity index (χ2n) is 3.52. The summed E-state index contributed by atoms with van der Waals surface area (Å²) in [4.78, 5) is 0. The quantitative estimate of drug-likeness (QED) is 0.675. The van der Waals surface area contributed by atoms with E-state index < -0.39 is 0 Å². The summed E-state index contributed by atoms with van der Waals surface area (Å²) in [6, 6.07) is 18.1. The summed E-state index contributed by atoms with van der Waals surface area (Å²) in [5.74, 6) is 6.10. The molecule has 0 radical (unpaired) electrons. The lowest BCUT2D eigenvalue weighted by Crippen LogP contribution is -1.71. The van der Waals surface area contributed by atoms with Gasteiger partial charge < -0.3 is 0 Å². The van der Waals surface area contributed by atoms with Crippen LogP contribution in [0.2, 0.25) is 0 Å². The largest absolute Gasteiger partial charge is 0.0696 e. The van der Waals surface area contributed by atoms with E-state index in [4.69, 9.17) is 0 Å². The first-order valence-electron chi connectivity index (χ1n) is 5.33. The average molecular weight is 283 g/mol. The number of halogens is 1. The fourth-order valence-electron chi connectivity index (χ4n) is 1.36. The molecule has 0 amide bonds. The molecule has 0 nitrogen and oxygen atoms in total. The number of rotatable bonds is 1. The molecule has 0 atom stereocenters. The lowest BCUT2D eigenvalue weighted by Gasteiger charge is -1.91. The van der Waals surface area contributed by atoms with Crippen LogP contribution in [-0.4, -0.2) is 0 Å². The van der Waals surface area contributed by atoms with Gasteiger partial charge in [0, 0.05) is 10.0 Å². The van der Waals surface area contributed by atoms with Crippen molar-refractivity contribution in [3.05, 3.63) is 76.3 Å². The predicted octanol–water partition coefficient (Wildman–Crippen LogP) is 4.51. The Labute approximate surface area is 110 Å². The van der Waals surface area contributed by atoms with Crippen LogP contribution in [0.4, 0.5) is 0 Å². The minimum absolute atomic E-state index is 1.04. The van der Waals surface area contributed by atoms with E-state index in [9.17, 15) is 0 Å². The fraction of sp³-hybridized carbons (Fsp3) is 0. The molecule has 2 aromatic carbocycles. The third kappa shape index (κ3) is 3.94. The summed E-state index contributed by atoms with van der Waals surface area (Å²) in [7, 11) is 0. The molecule has 2 aromatic rings. The molecule has 0 aliphatic heterocycles. The average Bonchev–Trinajstić information content (AvgIpc) is 2.38. The van der Waals surface area contributed by atoms with E-state index in [1.54, 1.807) is 0 Å². The van der Waals surface area contributed by atoms with E-state index >= 15 is 0 Å². The molecule has 0 N–H and O–H groups in total. The van der Waals surface area contributed by atoms with Crippen molar-refractivity contribution in [2.24, 2.45) is 0 Å². The first kappa shape index (κ1) is 11.7. The van der Waals surface area contributed by atoms with Crippen LogP contribution in [0.15, 0.2) is 65.1 Å². The van der Waals surface area contributed by atoms with Crippen LogP contribution in [0.3, 0.4) is 0 Å². The zero-order valence-corrected chi connectivity index (χ0v) is 10.8. The Bertz CT molecular complexity index is 554. The van der Waals surface area contributed by atoms with Gasteiger partial charge in [0.2, 0.25) is 0 Å². The van der Waals surface area contributed by atoms with Gasteiger partial charge in [0.25, 0.3) is 0 Å². The smallest absolute Gasteiger partial charge is 0.0248 e. The summed E-state index contributed by atoms with van der Waals surface area (Å²) in [5.41, 5.74) is 2.18. The number of hydrogen-bond donors (Lipinski definition) is 0. The summed E-state index contributed by atoms with van der Waals surface area (Å²) >= 11 is 3.41. The highest BCUT2D eigenvalue weighted by atomic mass is 79.9. The molecule has 0 spiro atoms. The molecule has 1 heteroatoms. The van der Waals surface area contributed by atoms with E-state index in [1.165, 1.54) is 0 Å². The normalized spacial score (nSPS) is 9.94. The molecule has 0 heterocycles. The van der Waals surface area contributed by atoms with Gasteiger partial charge >= 0.3 is 0 Å². The van der Waals surface area contributed by atoms with Crippen molar-refractivity contribution in [2.75, 3.05) is 0 Å². The van der Waals surface area contributed by atoms with Crippen molar-refractivity contribution >= 4 is 22.0 Å². The first-order valence-corrected chi connectivity index (χ1v) is 6.12. The van der Waals surface area contributed by atoms with Crippen molar-refractivity contribution in [2.45, 2.75) is 0 Å². The minimum atomic E-state index is 1.04. The number of hydrogen-bond acceptors (Lipinski definition) is 0. The van der Waals surface area contributed by atoms with E-state index in [0.29, 0.717) is 0 Å². The van der Waals surface area contributed by atoms with Crippen LogP contribution in [-0.2, 0) is 0 Å². The minimum Gasteiger partial charge on any atom is -0.0696 e. The molecule has 82 valence electrons. The van der Waals surface area contributed by atoms with Gasteiger partial charge in [0.15, 0.2) is 0 Å². The first-order chi connectivity index (χ1) is 8.34. The Morgan fingerprint density at radius 1 is 0.882 bits per heavy atom. The van der Waals surface area contributed by atoms with Gasteiger partial charge in [-0.25, -0.2) is 0 Å². The predicted molar refractivity (Wildman–Crippen MR) is 76.5 cm³/mol. The zero-order valence-electron chi connectivity index (χ0n) is 9.23. The Morgan fingerprint density at radius 2 is 1.59 bits per heavy atom. The highest BCUT2D eigenvalue weighted by Crippen LogP contribution is 2.11. The molecule has 0 aliphatic carbocycles. The van der Waals surface area contributed by atoms with Gasteiger partial charge in [0.05, 0.1) is 0 Å². The van der Waals surface area contributed by atoms with Crippen LogP contribution in [0.25, 0.3) is 6.08 Å². The van der Waals surface area contributed by atoms with Gasteiger partial charge in [0.1, 0.15) is 0 Å². The van der Waals surface area contributed by atoms with Crippen molar-refractivity contribution in [1.82, 2.24) is 0 Å². The molecule has 0 fully saturated rings. The van der Waals surface area contributed by atoms with E-state index in [1.807, 2.05) is 66.7 Å². The van der Waals surface area contributed by atoms with Crippen molar-refractivity contribution in [1.29, 1.82) is 0 Å². The highest BCUT2D eigenvalue weighted by molar-refractivity contribution is 9.10. The third-order valence-electron chi connectivity index (χ3n) is 2.22. The number of benzene rings is 2. The topological polar surface area (TPSA) is 0 Å². The standard InChI is InChI=1S/C16H11Br/c17-16-12-10-15(11-13-16)9-5-4-8-14-6-2-1-3-7-14/h1-3,5-7,9-13H/b9-5+. The highest BCUT2D eigenvalue weighted by Gasteiger charge is 1.85. The Balaban J connectivity index is 2.03. The van der Waals surface area contributed by atoms with E-state index in [0.717, 1.165) is 15.6 Å². The van der Waals surface area contributed by atoms with Gasteiger partial charge in [-0.05, 0) is 42.0 Å². The van der Waals surface area contributed by atoms with Crippen LogP contribution in [0, 0.1) is 11.8 Å². The van der Waals surface area contributed by atoms with Gasteiger partial charge in [-0.15, -0.1) is 0 Å². The van der Waals surface area contributed by atoms with Gasteiger partial charge in [-0.1, -0.05) is 58.1 Å². The third-order valence-corrected chi connectivity index (χ3v) is 2.75. The monoisotopic (exact) mass is 282 g/mol. The summed E-state index contributed by atoms with van der Waals surface area (Å²) < 4.78 is 1.09. The molecule has 0 saturated heterocycles. The second kappa shape index (κ2) is 6.08. The van der Waals surface area contributed by atoms with E-state index in [2.05, 4.69) is 27.8 Å². The summed E-state index contributed by atoms with van der Waals surface area (Å²) in [5, 5.41) is 0.